The molecule has 2 aromatic rings. The van der Waals surface area contributed by atoms with Crippen molar-refractivity contribution in [2.45, 2.75) is 44.9 Å². The molecule has 0 N–H and O–H groups in total. The third kappa shape index (κ3) is 3.01. The van der Waals surface area contributed by atoms with Gasteiger partial charge in [0.15, 0.2) is 0 Å². The van der Waals surface area contributed by atoms with Crippen LogP contribution in [0.5, 0.6) is 0 Å². The van der Waals surface area contributed by atoms with E-state index in [0.717, 1.165) is 30.2 Å². The lowest BCUT2D eigenvalue weighted by molar-refractivity contribution is 0.547. The number of para-hydroxylation sites is 1. The summed E-state index contributed by atoms with van der Waals surface area (Å²) < 4.78 is 5.37. The molecular weight excluding hydrogens is 248 g/mol. The Bertz CT molecular complexity index is 679. The third-order valence-electron chi connectivity index (χ3n) is 4.04. The molecule has 1 aromatic heterocycles. The summed E-state index contributed by atoms with van der Waals surface area (Å²) in [6.45, 7) is 0. The number of allylic oxidation sites excluding steroid dienone is 2. The van der Waals surface area contributed by atoms with Crippen molar-refractivity contribution in [1.29, 1.82) is 0 Å². The Morgan fingerprint density at radius 1 is 1.10 bits per heavy atom. The molecule has 2 heteroatoms. The molecular formula is C18H20O2. The largest absolute Gasteiger partial charge is 0.423 e. The van der Waals surface area contributed by atoms with Crippen LogP contribution in [0.3, 0.4) is 0 Å². The first-order valence-corrected chi connectivity index (χ1v) is 7.52. The van der Waals surface area contributed by atoms with Gasteiger partial charge in [0, 0.05) is 10.9 Å². The van der Waals surface area contributed by atoms with Gasteiger partial charge in [-0.15, -0.1) is 0 Å². The van der Waals surface area contributed by atoms with E-state index in [-0.39, 0.29) is 5.63 Å². The molecule has 0 amide bonds. The molecule has 0 fully saturated rings. The van der Waals surface area contributed by atoms with E-state index >= 15 is 0 Å². The van der Waals surface area contributed by atoms with Crippen LogP contribution in [0.4, 0.5) is 0 Å². The predicted molar refractivity (Wildman–Crippen MR) is 82.0 cm³/mol. The number of benzene rings is 1. The molecule has 2 nitrogen and oxygen atoms in total. The van der Waals surface area contributed by atoms with Gasteiger partial charge in [-0.2, -0.15) is 0 Å². The molecule has 0 atom stereocenters. The Balaban J connectivity index is 1.69. The molecule has 0 unspecified atom stereocenters. The predicted octanol–water partition coefficient (Wildman–Crippen LogP) is 4.62. The lowest BCUT2D eigenvalue weighted by Crippen LogP contribution is -2.07. The molecule has 0 radical (unpaired) electrons. The normalized spacial score (nSPS) is 15.3. The fraction of sp³-hybridized carbons (Fsp3) is 0.389. The van der Waals surface area contributed by atoms with Gasteiger partial charge >= 0.3 is 5.63 Å². The van der Waals surface area contributed by atoms with Crippen molar-refractivity contribution in [3.05, 3.63) is 58.0 Å². The number of rotatable bonds is 4. The molecule has 0 spiro atoms. The maximum atomic E-state index is 11.9. The standard InChI is InChI=1S/C18H20O2/c19-18-16(11-6-9-14-7-2-1-3-8-14)13-15-10-4-5-12-17(15)20-18/h4-5,7,10,12-13H,1-3,6,8-9,11H2. The van der Waals surface area contributed by atoms with Crippen molar-refractivity contribution in [3.63, 3.8) is 0 Å². The van der Waals surface area contributed by atoms with Crippen LogP contribution in [0.1, 0.15) is 44.1 Å². The van der Waals surface area contributed by atoms with Crippen LogP contribution in [-0.2, 0) is 6.42 Å². The summed E-state index contributed by atoms with van der Waals surface area (Å²) in [5.41, 5.74) is 2.87. The molecule has 0 saturated heterocycles. The van der Waals surface area contributed by atoms with Gasteiger partial charge in [0.1, 0.15) is 5.58 Å². The van der Waals surface area contributed by atoms with E-state index in [9.17, 15) is 4.79 Å². The van der Waals surface area contributed by atoms with Crippen molar-refractivity contribution >= 4 is 11.0 Å². The van der Waals surface area contributed by atoms with Crippen LogP contribution in [0, 0.1) is 0 Å². The van der Waals surface area contributed by atoms with Crippen molar-refractivity contribution in [2.24, 2.45) is 0 Å². The molecule has 3 rings (SSSR count). The maximum Gasteiger partial charge on any atom is 0.339 e. The molecule has 20 heavy (non-hydrogen) atoms. The number of aryl methyl sites for hydroxylation is 1. The average Bonchev–Trinajstić information content (AvgIpc) is 2.49. The van der Waals surface area contributed by atoms with E-state index in [0.29, 0.717) is 5.58 Å². The highest BCUT2D eigenvalue weighted by Crippen LogP contribution is 2.22. The first kappa shape index (κ1) is 13.2. The smallest absolute Gasteiger partial charge is 0.339 e. The minimum Gasteiger partial charge on any atom is -0.423 e. The van der Waals surface area contributed by atoms with Crippen molar-refractivity contribution in [3.8, 4) is 0 Å². The Morgan fingerprint density at radius 3 is 2.85 bits per heavy atom. The zero-order valence-electron chi connectivity index (χ0n) is 11.7. The number of fused-ring (bicyclic) bond motifs is 1. The van der Waals surface area contributed by atoms with E-state index in [1.807, 2.05) is 30.3 Å². The second-order valence-electron chi connectivity index (χ2n) is 5.56. The van der Waals surface area contributed by atoms with Gasteiger partial charge in [0.25, 0.3) is 0 Å². The fourth-order valence-electron chi connectivity index (χ4n) is 2.92. The Hall–Kier alpha value is -1.83. The van der Waals surface area contributed by atoms with Gasteiger partial charge in [-0.05, 0) is 57.1 Å². The first-order valence-electron chi connectivity index (χ1n) is 7.52. The number of hydrogen-bond donors (Lipinski definition) is 0. The lowest BCUT2D eigenvalue weighted by atomic mass is 9.95. The zero-order chi connectivity index (χ0) is 13.8. The van der Waals surface area contributed by atoms with Gasteiger partial charge < -0.3 is 4.42 Å². The quantitative estimate of drug-likeness (QED) is 0.598. The van der Waals surface area contributed by atoms with Gasteiger partial charge in [0.05, 0.1) is 0 Å². The molecule has 0 saturated carbocycles. The van der Waals surface area contributed by atoms with Crippen molar-refractivity contribution in [2.75, 3.05) is 0 Å². The minimum atomic E-state index is -0.179. The second-order valence-corrected chi connectivity index (χ2v) is 5.56. The Morgan fingerprint density at radius 2 is 2.00 bits per heavy atom. The molecule has 1 aromatic carbocycles. The number of hydrogen-bond acceptors (Lipinski definition) is 2. The van der Waals surface area contributed by atoms with Gasteiger partial charge in [0.2, 0.25) is 0 Å². The van der Waals surface area contributed by atoms with Crippen LogP contribution in [0.15, 0.2) is 51.2 Å². The third-order valence-corrected chi connectivity index (χ3v) is 4.04. The molecule has 0 aliphatic heterocycles. The fourth-order valence-corrected chi connectivity index (χ4v) is 2.92. The van der Waals surface area contributed by atoms with E-state index < -0.39 is 0 Å². The molecule has 1 aliphatic carbocycles. The average molecular weight is 268 g/mol. The molecule has 0 bridgehead atoms. The SMILES string of the molecule is O=c1oc2ccccc2cc1CCCC1=CCCCC1. The summed E-state index contributed by atoms with van der Waals surface area (Å²) in [6, 6.07) is 9.68. The first-order chi connectivity index (χ1) is 9.83. The molecule has 104 valence electrons. The van der Waals surface area contributed by atoms with E-state index in [2.05, 4.69) is 6.08 Å². The second kappa shape index (κ2) is 6.08. The highest BCUT2D eigenvalue weighted by Gasteiger charge is 2.07. The summed E-state index contributed by atoms with van der Waals surface area (Å²) in [6.07, 6.45) is 10.5. The van der Waals surface area contributed by atoms with Gasteiger partial charge in [-0.1, -0.05) is 29.8 Å². The highest BCUT2D eigenvalue weighted by atomic mass is 16.4. The topological polar surface area (TPSA) is 30.2 Å². The van der Waals surface area contributed by atoms with Gasteiger partial charge in [-0.25, -0.2) is 4.79 Å². The van der Waals surface area contributed by atoms with Crippen LogP contribution in [0.25, 0.3) is 11.0 Å². The van der Waals surface area contributed by atoms with E-state index in [1.165, 1.54) is 25.7 Å². The summed E-state index contributed by atoms with van der Waals surface area (Å²) in [5.74, 6) is 0. The lowest BCUT2D eigenvalue weighted by Gasteiger charge is -2.12. The van der Waals surface area contributed by atoms with E-state index in [4.69, 9.17) is 4.42 Å². The highest BCUT2D eigenvalue weighted by molar-refractivity contribution is 5.76. The summed E-state index contributed by atoms with van der Waals surface area (Å²) in [5, 5.41) is 1.01. The van der Waals surface area contributed by atoms with Gasteiger partial charge in [-0.3, -0.25) is 0 Å². The van der Waals surface area contributed by atoms with Crippen LogP contribution in [-0.4, -0.2) is 0 Å². The molecule has 1 aliphatic rings. The van der Waals surface area contributed by atoms with Crippen molar-refractivity contribution in [1.82, 2.24) is 0 Å². The summed E-state index contributed by atoms with van der Waals surface area (Å²) >= 11 is 0. The molecule has 1 heterocycles. The minimum absolute atomic E-state index is 0.179. The zero-order valence-corrected chi connectivity index (χ0v) is 11.7. The van der Waals surface area contributed by atoms with Crippen LogP contribution in [0.2, 0.25) is 0 Å². The Labute approximate surface area is 119 Å². The monoisotopic (exact) mass is 268 g/mol. The van der Waals surface area contributed by atoms with E-state index in [1.54, 1.807) is 5.57 Å². The van der Waals surface area contributed by atoms with Crippen molar-refractivity contribution < 1.29 is 4.42 Å². The van der Waals surface area contributed by atoms with Crippen LogP contribution >= 0.6 is 0 Å². The Kier molecular flexibility index (Phi) is 4.00. The summed E-state index contributed by atoms with van der Waals surface area (Å²) in [4.78, 5) is 11.9. The summed E-state index contributed by atoms with van der Waals surface area (Å²) in [7, 11) is 0. The maximum absolute atomic E-state index is 11.9. The van der Waals surface area contributed by atoms with Crippen LogP contribution < -0.4 is 5.63 Å².